The van der Waals surface area contributed by atoms with Gasteiger partial charge < -0.3 is 33.6 Å². The summed E-state index contributed by atoms with van der Waals surface area (Å²) in [6.45, 7) is -5.71. The number of aliphatic hydroxyl groups excluding tert-OH is 1. The number of Topliss-reactive ketones (excluding diaryl/α,β-unsaturated/α-hetero) is 1. The maximum absolute atomic E-state index is 16.3. The molecule has 15 nitrogen and oxygen atoms in total. The van der Waals surface area contributed by atoms with Crippen LogP contribution in [0.3, 0.4) is 0 Å². The molecule has 0 radical (unpaired) electrons. The highest BCUT2D eigenvalue weighted by Gasteiger charge is 2.54. The Morgan fingerprint density at radius 1 is 1.19 bits per heavy atom. The van der Waals surface area contributed by atoms with Crippen LogP contribution in [0.5, 0.6) is 0 Å². The highest BCUT2D eigenvalue weighted by Crippen LogP contribution is 2.60. The lowest BCUT2D eigenvalue weighted by Gasteiger charge is -2.30. The molecule has 3 unspecified atom stereocenters. The van der Waals surface area contributed by atoms with Crippen LogP contribution in [0.4, 0.5) is 14.6 Å². The normalized spacial score (nSPS) is 40.4. The van der Waals surface area contributed by atoms with Gasteiger partial charge in [0.25, 0.3) is 0 Å². The molecule has 0 spiro atoms. The summed E-state index contributed by atoms with van der Waals surface area (Å²) in [4.78, 5) is 40.7. The van der Waals surface area contributed by atoms with E-state index in [1.807, 2.05) is 13.8 Å². The van der Waals surface area contributed by atoms with Gasteiger partial charge in [0.05, 0.1) is 43.0 Å². The van der Waals surface area contributed by atoms with E-state index in [1.54, 1.807) is 0 Å². The summed E-state index contributed by atoms with van der Waals surface area (Å²) in [5, 5.41) is 14.5. The molecule has 1 saturated carbocycles. The van der Waals surface area contributed by atoms with Crippen LogP contribution in [0.25, 0.3) is 11.2 Å². The number of nitrogens with one attached hydrogen (secondary N) is 1. The molecule has 3 N–H and O–H groups in total. The van der Waals surface area contributed by atoms with Gasteiger partial charge in [-0.15, -0.1) is 0 Å². The van der Waals surface area contributed by atoms with Gasteiger partial charge in [-0.2, -0.15) is 0 Å². The number of anilines is 1. The van der Waals surface area contributed by atoms with E-state index in [0.717, 1.165) is 0 Å². The molecule has 11 atom stereocenters. The molecule has 48 heavy (non-hydrogen) atoms. The molecule has 3 aliphatic heterocycles. The minimum atomic E-state index is -4.33. The van der Waals surface area contributed by atoms with Crippen molar-refractivity contribution in [3.05, 3.63) is 35.8 Å². The largest absolute Gasteiger partial charge is 0.390 e. The number of fused-ring (bicyclic) bond motifs is 4. The topological polar surface area (TPSA) is 189 Å². The fourth-order valence-corrected chi connectivity index (χ4v) is 9.81. The summed E-state index contributed by atoms with van der Waals surface area (Å²) >= 11 is 9.40. The molecule has 5 aliphatic rings. The van der Waals surface area contributed by atoms with Crippen molar-refractivity contribution in [2.75, 3.05) is 18.5 Å². The number of allylic oxidation sites excluding steroid dienone is 3. The van der Waals surface area contributed by atoms with Crippen LogP contribution in [0.1, 0.15) is 32.9 Å². The number of hydrogen-bond donors (Lipinski definition) is 4. The predicted molar refractivity (Wildman–Crippen MR) is 173 cm³/mol. The molecule has 0 amide bonds. The lowest BCUT2D eigenvalue weighted by Crippen LogP contribution is -2.35. The number of aliphatic imine (C=N–C) groups is 1. The molecule has 3 fully saturated rings. The number of carbonyl (C=O) groups excluding carboxylic acids is 1. The Morgan fingerprint density at radius 2 is 1.98 bits per heavy atom. The minimum Gasteiger partial charge on any atom is -0.390 e. The third-order valence-electron chi connectivity index (χ3n) is 8.89. The first-order valence-corrected chi connectivity index (χ1v) is 20.4. The number of thiol groups is 1. The van der Waals surface area contributed by atoms with Crippen LogP contribution >= 0.6 is 25.8 Å². The molecule has 2 aromatic rings. The number of carbonyl (C=O) groups is 1. The number of halogens is 2. The number of rotatable bonds is 4. The van der Waals surface area contributed by atoms with Gasteiger partial charge in [0.15, 0.2) is 35.2 Å². The second-order valence-electron chi connectivity index (χ2n) is 12.4. The van der Waals surface area contributed by atoms with Crippen molar-refractivity contribution in [3.8, 4) is 0 Å². The van der Waals surface area contributed by atoms with Crippen molar-refractivity contribution < 1.29 is 51.0 Å². The fourth-order valence-electron chi connectivity index (χ4n) is 6.81. The number of ketones is 1. The summed E-state index contributed by atoms with van der Waals surface area (Å²) in [7, 11) is 0. The Bertz CT molecular complexity index is 1830. The monoisotopic (exact) mass is 748 g/mol. The van der Waals surface area contributed by atoms with Gasteiger partial charge in [0.2, 0.25) is 0 Å². The molecule has 260 valence electrons. The number of nitrogens with zero attached hydrogens (tertiary/aromatic N) is 5. The number of aliphatic hydroxyl groups is 1. The summed E-state index contributed by atoms with van der Waals surface area (Å²) in [5.74, 6) is -3.12. The third kappa shape index (κ3) is 6.36. The second kappa shape index (κ2) is 12.9. The zero-order valence-corrected chi connectivity index (χ0v) is 28.9. The van der Waals surface area contributed by atoms with Crippen molar-refractivity contribution in [2.45, 2.75) is 69.5 Å². The summed E-state index contributed by atoms with van der Waals surface area (Å²) in [6.07, 6.45) is -3.64. The average molecular weight is 749 g/mol. The van der Waals surface area contributed by atoms with Gasteiger partial charge >= 0.3 is 13.5 Å². The molecule has 2 aliphatic carbocycles. The van der Waals surface area contributed by atoms with Crippen LogP contribution in [0.15, 0.2) is 40.8 Å². The van der Waals surface area contributed by atoms with Gasteiger partial charge in [-0.1, -0.05) is 12.2 Å². The molecule has 0 aromatic carbocycles. The second-order valence-corrected chi connectivity index (χ2v) is 18.1. The Kier molecular flexibility index (Phi) is 9.29. The number of hydrogen-bond acceptors (Lipinski definition) is 14. The molecule has 21 heteroatoms. The molecular weight excluding hydrogens is 716 g/mol. The standard InChI is InChI=1S/C27H32F2N6O9P2S2/c1-11(2)34-25-21-26(32-9-31-25)35(10-33-21)27-19(29)24-17(42-27)8-41-46(39,48)43-23-14(5-12(22(23)37)7-40-45(38,47)44-24)13-6-15(28)18-16(36)3-4-30-20(13)18/h4,6,9-14,17,19,22-24,27,37H,3,5,7-8H2,1-2H3,(H,38,47)(H,39,48)(H,31,32,34)/t12-,13?,14+,17-,19-,22-,23+,24-,27-,45?,46?/m1/s1. The van der Waals surface area contributed by atoms with Crippen molar-refractivity contribution >= 4 is 66.6 Å². The highest BCUT2D eigenvalue weighted by atomic mass is 32.7. The smallest absolute Gasteiger partial charge is 0.386 e. The van der Waals surface area contributed by atoms with E-state index < -0.39 is 92.9 Å². The first-order valence-electron chi connectivity index (χ1n) is 15.1. The lowest BCUT2D eigenvalue weighted by atomic mass is 9.86. The zero-order valence-electron chi connectivity index (χ0n) is 25.4. The zero-order chi connectivity index (χ0) is 34.1. The number of alkyl halides is 1. The Morgan fingerprint density at radius 3 is 2.75 bits per heavy atom. The predicted octanol–water partition coefficient (Wildman–Crippen LogP) is 3.73. The molecular formula is C27H32F2N6O9P2S2. The average Bonchev–Trinajstić information content (AvgIpc) is 3.75. The van der Waals surface area contributed by atoms with Gasteiger partial charge in [-0.05, 0) is 38.2 Å². The van der Waals surface area contributed by atoms with Gasteiger partial charge in [-0.25, -0.2) is 28.3 Å². The molecule has 7 rings (SSSR count). The minimum absolute atomic E-state index is 0.0187. The van der Waals surface area contributed by atoms with Crippen molar-refractivity contribution in [2.24, 2.45) is 22.7 Å². The summed E-state index contributed by atoms with van der Waals surface area (Å²) < 4.78 is 74.8. The van der Waals surface area contributed by atoms with Gasteiger partial charge in [-0.3, -0.25) is 18.9 Å². The first-order chi connectivity index (χ1) is 22.7. The Balaban J connectivity index is 1.17. The number of imidazole rings is 1. The SMILES string of the molecule is CC(C)Nc1ncnc2c1ncn2[C@@H]1O[C@@H]2COP(O)(=S)O[C@@H]3[C@H](O)[C@@H](COP(=O)(S)O[C@H]2[C@H]1F)C[C@H]3C1C=C(F)C2=C1N=CCC2=O. The maximum Gasteiger partial charge on any atom is 0.386 e. The van der Waals surface area contributed by atoms with E-state index in [-0.39, 0.29) is 35.8 Å². The van der Waals surface area contributed by atoms with E-state index in [9.17, 15) is 23.7 Å². The lowest BCUT2D eigenvalue weighted by molar-refractivity contribution is -0.114. The molecule has 5 heterocycles. The van der Waals surface area contributed by atoms with Crippen LogP contribution in [0.2, 0.25) is 0 Å². The van der Waals surface area contributed by atoms with E-state index in [2.05, 4.69) is 37.5 Å². The molecule has 2 aromatic heterocycles. The number of aromatic nitrogens is 4. The quantitative estimate of drug-likeness (QED) is 0.262. The van der Waals surface area contributed by atoms with E-state index >= 15 is 4.39 Å². The Labute approximate surface area is 283 Å². The van der Waals surface area contributed by atoms with Crippen LogP contribution < -0.4 is 5.32 Å². The van der Waals surface area contributed by atoms with Crippen molar-refractivity contribution in [1.29, 1.82) is 0 Å². The summed E-state index contributed by atoms with van der Waals surface area (Å²) in [5.41, 5.74) is 0.643. The van der Waals surface area contributed by atoms with Gasteiger partial charge in [0.1, 0.15) is 24.4 Å². The van der Waals surface area contributed by atoms with Crippen molar-refractivity contribution in [1.82, 2.24) is 19.5 Å². The summed E-state index contributed by atoms with van der Waals surface area (Å²) in [6, 6.07) is 0.0187. The highest BCUT2D eigenvalue weighted by molar-refractivity contribution is 8.44. The maximum atomic E-state index is 16.3. The van der Waals surface area contributed by atoms with E-state index in [1.165, 1.54) is 29.5 Å². The fraction of sp³-hybridized carbons (Fsp3) is 0.593. The van der Waals surface area contributed by atoms with Gasteiger partial charge in [0, 0.05) is 36.4 Å². The van der Waals surface area contributed by atoms with Crippen LogP contribution in [0, 0.1) is 17.8 Å². The third-order valence-corrected chi connectivity index (χ3v) is 12.1. The molecule has 2 saturated heterocycles. The number of ether oxygens (including phenoxy) is 1. The van der Waals surface area contributed by atoms with E-state index in [4.69, 9.17) is 34.6 Å². The van der Waals surface area contributed by atoms with E-state index in [0.29, 0.717) is 11.3 Å². The van der Waals surface area contributed by atoms with Crippen LogP contribution in [-0.2, 0) is 44.0 Å². The van der Waals surface area contributed by atoms with Crippen LogP contribution in [-0.4, -0.2) is 91.4 Å². The first kappa shape index (κ1) is 34.4. The Hall–Kier alpha value is -2.02. The molecule has 2 bridgehead atoms. The van der Waals surface area contributed by atoms with Crippen molar-refractivity contribution in [3.63, 3.8) is 0 Å².